The van der Waals surface area contributed by atoms with Gasteiger partial charge >= 0.3 is 12.4 Å². The molecule has 3 N–H and O–H groups in total. The summed E-state index contributed by atoms with van der Waals surface area (Å²) in [5.74, 6) is -1.38. The second-order valence-electron chi connectivity index (χ2n) is 4.00. The highest BCUT2D eigenvalue weighted by molar-refractivity contribution is 5.99. The quantitative estimate of drug-likeness (QED) is 0.296. The van der Waals surface area contributed by atoms with Gasteiger partial charge in [0.1, 0.15) is 5.75 Å². The maximum Gasteiger partial charge on any atom is 0.425 e. The van der Waals surface area contributed by atoms with Crippen molar-refractivity contribution in [1.82, 2.24) is 0 Å². The third kappa shape index (κ3) is 4.17. The van der Waals surface area contributed by atoms with Crippen molar-refractivity contribution in [3.8, 4) is 5.75 Å². The third-order valence-electron chi connectivity index (χ3n) is 2.46. The van der Waals surface area contributed by atoms with Gasteiger partial charge in [-0.25, -0.2) is 0 Å². The predicted molar refractivity (Wildman–Crippen MR) is 60.1 cm³/mol. The van der Waals surface area contributed by atoms with Gasteiger partial charge in [0.2, 0.25) is 0 Å². The van der Waals surface area contributed by atoms with Crippen LogP contribution in [0.4, 0.5) is 26.3 Å². The van der Waals surface area contributed by atoms with Gasteiger partial charge in [-0.15, -0.1) is 0 Å². The molecule has 1 unspecified atom stereocenters. The number of oxime groups is 1. The largest absolute Gasteiger partial charge is 0.480 e. The molecule has 0 amide bonds. The van der Waals surface area contributed by atoms with Crippen LogP contribution in [0.3, 0.4) is 0 Å². The molecule has 0 aliphatic carbocycles. The highest BCUT2D eigenvalue weighted by Crippen LogP contribution is 2.34. The lowest BCUT2D eigenvalue weighted by atomic mass is 10.1. The Morgan fingerprint density at radius 1 is 1.24 bits per heavy atom. The molecular weight excluding hydrogens is 306 g/mol. The summed E-state index contributed by atoms with van der Waals surface area (Å²) in [5, 5.41) is 11.0. The van der Waals surface area contributed by atoms with Crippen LogP contribution in [0, 0.1) is 0 Å². The maximum absolute atomic E-state index is 12.6. The fourth-order valence-electron chi connectivity index (χ4n) is 1.32. The molecule has 0 heterocycles. The first-order chi connectivity index (χ1) is 9.46. The molecule has 21 heavy (non-hydrogen) atoms. The smallest absolute Gasteiger partial charge is 0.425 e. The van der Waals surface area contributed by atoms with E-state index in [4.69, 9.17) is 10.9 Å². The first-order valence-electron chi connectivity index (χ1n) is 5.39. The van der Waals surface area contributed by atoms with Crippen LogP contribution in [0.2, 0.25) is 0 Å². The van der Waals surface area contributed by atoms with Gasteiger partial charge in [0.05, 0.1) is 11.1 Å². The molecule has 0 aliphatic rings. The molecule has 0 radical (unpaired) electrons. The normalized spacial score (nSPS) is 14.9. The van der Waals surface area contributed by atoms with Crippen molar-refractivity contribution in [3.63, 3.8) is 0 Å². The molecule has 1 rings (SSSR count). The van der Waals surface area contributed by atoms with E-state index in [1.54, 1.807) is 0 Å². The van der Waals surface area contributed by atoms with Crippen molar-refractivity contribution in [2.24, 2.45) is 10.9 Å². The second-order valence-corrected chi connectivity index (χ2v) is 4.00. The van der Waals surface area contributed by atoms with Gasteiger partial charge in [-0.05, 0) is 25.1 Å². The van der Waals surface area contributed by atoms with E-state index in [-0.39, 0.29) is 0 Å². The fourth-order valence-corrected chi connectivity index (χ4v) is 1.32. The molecule has 0 spiro atoms. The molecule has 0 bridgehead atoms. The number of amidine groups is 1. The summed E-state index contributed by atoms with van der Waals surface area (Å²) < 4.78 is 79.4. The summed E-state index contributed by atoms with van der Waals surface area (Å²) in [6.45, 7) is 0.674. The number of hydrogen-bond donors (Lipinski definition) is 2. The number of rotatable bonds is 3. The highest BCUT2D eigenvalue weighted by Gasteiger charge is 2.39. The topological polar surface area (TPSA) is 67.8 Å². The van der Waals surface area contributed by atoms with Gasteiger partial charge in [0, 0.05) is 0 Å². The Hall–Kier alpha value is -2.13. The van der Waals surface area contributed by atoms with Crippen LogP contribution in [0.1, 0.15) is 18.1 Å². The van der Waals surface area contributed by atoms with Crippen LogP contribution in [0.25, 0.3) is 0 Å². The third-order valence-corrected chi connectivity index (χ3v) is 2.46. The average Bonchev–Trinajstić information content (AvgIpc) is 2.35. The van der Waals surface area contributed by atoms with E-state index in [9.17, 15) is 26.3 Å². The lowest BCUT2D eigenvalue weighted by Gasteiger charge is -2.20. The van der Waals surface area contributed by atoms with Crippen molar-refractivity contribution in [2.45, 2.75) is 25.4 Å². The van der Waals surface area contributed by atoms with E-state index in [0.29, 0.717) is 25.1 Å². The monoisotopic (exact) mass is 316 g/mol. The first kappa shape index (κ1) is 16.9. The van der Waals surface area contributed by atoms with Crippen LogP contribution in [0.5, 0.6) is 5.75 Å². The van der Waals surface area contributed by atoms with Crippen molar-refractivity contribution >= 4 is 5.84 Å². The predicted octanol–water partition coefficient (Wildman–Crippen LogP) is 3.13. The molecular formula is C11H10F6N2O2. The Kier molecular flexibility index (Phi) is 4.59. The van der Waals surface area contributed by atoms with Crippen LogP contribution >= 0.6 is 0 Å². The molecule has 10 heteroatoms. The van der Waals surface area contributed by atoms with Gasteiger partial charge in [0.15, 0.2) is 11.9 Å². The molecule has 118 valence electrons. The van der Waals surface area contributed by atoms with E-state index in [1.165, 1.54) is 0 Å². The van der Waals surface area contributed by atoms with Gasteiger partial charge in [-0.3, -0.25) is 0 Å². The van der Waals surface area contributed by atoms with Gasteiger partial charge in [0.25, 0.3) is 0 Å². The Morgan fingerprint density at radius 3 is 2.24 bits per heavy atom. The number of benzene rings is 1. The zero-order valence-electron chi connectivity index (χ0n) is 10.5. The number of alkyl halides is 6. The first-order valence-corrected chi connectivity index (χ1v) is 5.39. The van der Waals surface area contributed by atoms with Crippen LogP contribution < -0.4 is 10.5 Å². The minimum absolute atomic E-state index is 0.438. The molecule has 1 atom stereocenters. The molecule has 0 fully saturated rings. The van der Waals surface area contributed by atoms with E-state index in [2.05, 4.69) is 9.89 Å². The number of nitrogens with zero attached hydrogens (tertiary/aromatic N) is 1. The Labute approximate surface area is 114 Å². The van der Waals surface area contributed by atoms with E-state index >= 15 is 0 Å². The fraction of sp³-hybridized carbons (Fsp3) is 0.364. The van der Waals surface area contributed by atoms with Gasteiger partial charge in [-0.2, -0.15) is 26.3 Å². The SMILES string of the molecule is CC(Oc1ccc(C(F)(F)F)cc1C(N)=NO)C(F)(F)F. The number of hydrogen-bond acceptors (Lipinski definition) is 3. The molecule has 0 aliphatic heterocycles. The van der Waals surface area contributed by atoms with Crippen molar-refractivity contribution in [2.75, 3.05) is 0 Å². The number of halogens is 6. The summed E-state index contributed by atoms with van der Waals surface area (Å²) in [6.07, 6.45) is -11.7. The van der Waals surface area contributed by atoms with E-state index < -0.39 is 41.2 Å². The second kappa shape index (κ2) is 5.70. The van der Waals surface area contributed by atoms with E-state index in [0.717, 1.165) is 0 Å². The summed E-state index contributed by atoms with van der Waals surface area (Å²) in [5.41, 5.74) is 3.40. The lowest BCUT2D eigenvalue weighted by molar-refractivity contribution is -0.189. The zero-order valence-corrected chi connectivity index (χ0v) is 10.5. The zero-order chi connectivity index (χ0) is 16.4. The summed E-state index contributed by atoms with van der Waals surface area (Å²) in [4.78, 5) is 0. The van der Waals surface area contributed by atoms with Crippen molar-refractivity contribution in [1.29, 1.82) is 0 Å². The molecule has 1 aromatic rings. The summed E-state index contributed by atoms with van der Waals surface area (Å²) in [7, 11) is 0. The Bertz CT molecular complexity index is 538. The molecule has 0 saturated carbocycles. The number of nitrogens with two attached hydrogens (primary N) is 1. The molecule has 4 nitrogen and oxygen atoms in total. The minimum atomic E-state index is -4.74. The average molecular weight is 316 g/mol. The molecule has 0 saturated heterocycles. The number of ether oxygens (including phenoxy) is 1. The van der Waals surface area contributed by atoms with E-state index in [1.807, 2.05) is 0 Å². The Morgan fingerprint density at radius 2 is 1.81 bits per heavy atom. The standard InChI is InChI=1S/C11H10F6N2O2/c1-5(10(12,13)14)21-8-3-2-6(11(15,16)17)4-7(8)9(18)19-20/h2-5,20H,1H3,(H2,18,19). The highest BCUT2D eigenvalue weighted by atomic mass is 19.4. The van der Waals surface area contributed by atoms with Crippen LogP contribution in [-0.4, -0.2) is 23.3 Å². The van der Waals surface area contributed by atoms with Gasteiger partial charge in [-0.1, -0.05) is 5.16 Å². The van der Waals surface area contributed by atoms with Crippen LogP contribution in [-0.2, 0) is 6.18 Å². The van der Waals surface area contributed by atoms with Crippen LogP contribution in [0.15, 0.2) is 23.4 Å². The summed E-state index contributed by atoms with van der Waals surface area (Å²) >= 11 is 0. The van der Waals surface area contributed by atoms with Gasteiger partial charge < -0.3 is 15.7 Å². The summed E-state index contributed by atoms with van der Waals surface area (Å²) in [6, 6.07) is 1.65. The van der Waals surface area contributed by atoms with Crippen molar-refractivity contribution < 1.29 is 36.3 Å². The maximum atomic E-state index is 12.6. The lowest BCUT2D eigenvalue weighted by Crippen LogP contribution is -2.32. The van der Waals surface area contributed by atoms with Crippen molar-refractivity contribution in [3.05, 3.63) is 29.3 Å². The minimum Gasteiger partial charge on any atom is -0.480 e. The molecule has 1 aromatic carbocycles. The Balaban J connectivity index is 3.27. The molecule has 0 aromatic heterocycles.